The van der Waals surface area contributed by atoms with Gasteiger partial charge in [-0.15, -0.1) is 36.2 Å². The third-order valence-corrected chi connectivity index (χ3v) is 5.02. The lowest BCUT2D eigenvalue weighted by Crippen LogP contribution is -2.45. The van der Waals surface area contributed by atoms with Crippen LogP contribution in [-0.4, -0.2) is 31.1 Å². The second-order valence-electron chi connectivity index (χ2n) is 5.20. The first-order valence-electron chi connectivity index (χ1n) is 7.00. The lowest BCUT2D eigenvalue weighted by Gasteiger charge is -2.35. The lowest BCUT2D eigenvalue weighted by molar-refractivity contribution is 0.200. The minimum atomic E-state index is 0. The van der Waals surface area contributed by atoms with E-state index in [4.69, 9.17) is 11.6 Å². The number of aryl methyl sites for hydroxylation is 1. The maximum atomic E-state index is 6.11. The molecule has 1 aliphatic heterocycles. The first kappa shape index (κ1) is 19.8. The molecule has 6 heteroatoms. The van der Waals surface area contributed by atoms with Crippen molar-refractivity contribution in [3.8, 4) is 0 Å². The minimum Gasteiger partial charge on any atom is -0.314 e. The molecule has 1 aromatic carbocycles. The molecule has 2 nitrogen and oxygen atoms in total. The Labute approximate surface area is 153 Å². The highest BCUT2D eigenvalue weighted by atomic mass is 35.5. The van der Waals surface area contributed by atoms with Crippen molar-refractivity contribution in [1.82, 2.24) is 10.2 Å². The van der Waals surface area contributed by atoms with Gasteiger partial charge in [0.05, 0.1) is 6.04 Å². The van der Waals surface area contributed by atoms with E-state index in [-0.39, 0.29) is 24.8 Å². The highest BCUT2D eigenvalue weighted by molar-refractivity contribution is 7.10. The standard InChI is InChI=1S/C16H19ClN2S.2ClH/c1-12-11-13(17)4-5-14(12)16(15-3-2-10-20-15)19-8-6-18-7-9-19;;/h2-5,10-11,16,18H,6-9H2,1H3;2*1H/t16-;;/m0../s1. The fourth-order valence-electron chi connectivity index (χ4n) is 2.86. The molecule has 0 amide bonds. The Morgan fingerprint density at radius 1 is 1.18 bits per heavy atom. The predicted molar refractivity (Wildman–Crippen MR) is 101 cm³/mol. The Morgan fingerprint density at radius 3 is 2.50 bits per heavy atom. The Kier molecular flexibility index (Phi) is 8.19. The van der Waals surface area contributed by atoms with Crippen LogP contribution in [0.3, 0.4) is 0 Å². The molecule has 22 heavy (non-hydrogen) atoms. The molecule has 1 atom stereocenters. The van der Waals surface area contributed by atoms with Crippen LogP contribution in [0.2, 0.25) is 5.02 Å². The number of thiophene rings is 1. The number of halogens is 3. The summed E-state index contributed by atoms with van der Waals surface area (Å²) in [5.74, 6) is 0. The Balaban J connectivity index is 0.00000121. The van der Waals surface area contributed by atoms with E-state index in [0.717, 1.165) is 31.2 Å². The molecule has 1 aromatic heterocycles. The van der Waals surface area contributed by atoms with Gasteiger partial charge >= 0.3 is 0 Å². The van der Waals surface area contributed by atoms with Crippen molar-refractivity contribution in [1.29, 1.82) is 0 Å². The van der Waals surface area contributed by atoms with Gasteiger partial charge in [-0.05, 0) is 41.6 Å². The van der Waals surface area contributed by atoms with E-state index in [1.807, 2.05) is 17.4 Å². The van der Waals surface area contributed by atoms with Gasteiger partial charge in [0.25, 0.3) is 0 Å². The number of piperazine rings is 1. The summed E-state index contributed by atoms with van der Waals surface area (Å²) < 4.78 is 0. The van der Waals surface area contributed by atoms with Crippen LogP contribution in [0, 0.1) is 6.92 Å². The van der Waals surface area contributed by atoms with Crippen molar-refractivity contribution >= 4 is 47.8 Å². The van der Waals surface area contributed by atoms with Crippen LogP contribution < -0.4 is 5.32 Å². The van der Waals surface area contributed by atoms with Gasteiger partial charge in [-0.25, -0.2) is 0 Å². The Hall–Kier alpha value is -0.290. The van der Waals surface area contributed by atoms with Crippen LogP contribution in [0.25, 0.3) is 0 Å². The summed E-state index contributed by atoms with van der Waals surface area (Å²) in [6.45, 7) is 6.46. The minimum absolute atomic E-state index is 0. The molecule has 0 aliphatic carbocycles. The second-order valence-corrected chi connectivity index (χ2v) is 6.62. The van der Waals surface area contributed by atoms with Crippen LogP contribution in [0.4, 0.5) is 0 Å². The van der Waals surface area contributed by atoms with Crippen LogP contribution in [0.5, 0.6) is 0 Å². The summed E-state index contributed by atoms with van der Waals surface area (Å²) in [6, 6.07) is 11.0. The highest BCUT2D eigenvalue weighted by Gasteiger charge is 2.25. The van der Waals surface area contributed by atoms with E-state index >= 15 is 0 Å². The van der Waals surface area contributed by atoms with E-state index in [9.17, 15) is 0 Å². The van der Waals surface area contributed by atoms with Crippen molar-refractivity contribution in [3.05, 3.63) is 56.7 Å². The summed E-state index contributed by atoms with van der Waals surface area (Å²) in [4.78, 5) is 3.98. The smallest absolute Gasteiger partial charge is 0.0699 e. The number of hydrogen-bond acceptors (Lipinski definition) is 3. The molecule has 2 heterocycles. The normalized spacial score (nSPS) is 16.5. The average Bonchev–Trinajstić information content (AvgIpc) is 2.97. The molecular formula is C16H21Cl3N2S. The molecule has 1 N–H and O–H groups in total. The lowest BCUT2D eigenvalue weighted by atomic mass is 9.98. The van der Waals surface area contributed by atoms with Crippen molar-refractivity contribution in [3.63, 3.8) is 0 Å². The van der Waals surface area contributed by atoms with Crippen LogP contribution in [-0.2, 0) is 0 Å². The third-order valence-electron chi connectivity index (χ3n) is 3.86. The van der Waals surface area contributed by atoms with E-state index in [0.29, 0.717) is 6.04 Å². The topological polar surface area (TPSA) is 15.3 Å². The zero-order chi connectivity index (χ0) is 13.9. The fraction of sp³-hybridized carbons (Fsp3) is 0.375. The molecule has 3 rings (SSSR count). The summed E-state index contributed by atoms with van der Waals surface area (Å²) in [6.07, 6.45) is 0. The average molecular weight is 380 g/mol. The second kappa shape index (κ2) is 9.11. The Bertz CT molecular complexity index is 569. The number of nitrogens with one attached hydrogen (secondary N) is 1. The Morgan fingerprint density at radius 2 is 1.91 bits per heavy atom. The largest absolute Gasteiger partial charge is 0.314 e. The third kappa shape index (κ3) is 4.38. The van der Waals surface area contributed by atoms with Gasteiger partial charge in [-0.2, -0.15) is 0 Å². The molecule has 1 fully saturated rings. The van der Waals surface area contributed by atoms with Crippen LogP contribution >= 0.6 is 47.8 Å². The van der Waals surface area contributed by atoms with Gasteiger partial charge in [0.1, 0.15) is 0 Å². The van der Waals surface area contributed by atoms with Gasteiger partial charge in [-0.3, -0.25) is 4.90 Å². The van der Waals surface area contributed by atoms with E-state index in [1.54, 1.807) is 0 Å². The summed E-state index contributed by atoms with van der Waals surface area (Å²) in [7, 11) is 0. The number of rotatable bonds is 3. The maximum Gasteiger partial charge on any atom is 0.0699 e. The summed E-state index contributed by atoms with van der Waals surface area (Å²) >= 11 is 7.95. The molecular weight excluding hydrogens is 359 g/mol. The van der Waals surface area contributed by atoms with Crippen molar-refractivity contribution in [2.24, 2.45) is 0 Å². The van der Waals surface area contributed by atoms with Crippen molar-refractivity contribution in [2.75, 3.05) is 26.2 Å². The van der Waals surface area contributed by atoms with Crippen molar-refractivity contribution in [2.45, 2.75) is 13.0 Å². The zero-order valence-electron chi connectivity index (χ0n) is 12.4. The van der Waals surface area contributed by atoms with Crippen LogP contribution in [0.15, 0.2) is 35.7 Å². The number of benzene rings is 1. The molecule has 122 valence electrons. The monoisotopic (exact) mass is 378 g/mol. The molecule has 0 unspecified atom stereocenters. The van der Waals surface area contributed by atoms with Gasteiger partial charge < -0.3 is 5.32 Å². The van der Waals surface area contributed by atoms with E-state index in [1.165, 1.54) is 16.0 Å². The molecule has 0 saturated carbocycles. The fourth-order valence-corrected chi connectivity index (χ4v) is 3.97. The maximum absolute atomic E-state index is 6.11. The molecule has 1 saturated heterocycles. The van der Waals surface area contributed by atoms with Gasteiger partial charge in [0, 0.05) is 36.1 Å². The van der Waals surface area contributed by atoms with Gasteiger partial charge in [0.15, 0.2) is 0 Å². The predicted octanol–water partition coefficient (Wildman–Crippen LogP) is 4.55. The zero-order valence-corrected chi connectivity index (χ0v) is 15.6. The summed E-state index contributed by atoms with van der Waals surface area (Å²) in [5.41, 5.74) is 2.65. The molecule has 1 aliphatic rings. The van der Waals surface area contributed by atoms with Gasteiger partial charge in [0.2, 0.25) is 0 Å². The summed E-state index contributed by atoms with van der Waals surface area (Å²) in [5, 5.41) is 6.41. The number of hydrogen-bond donors (Lipinski definition) is 1. The van der Waals surface area contributed by atoms with Crippen LogP contribution in [0.1, 0.15) is 22.0 Å². The molecule has 2 aromatic rings. The van der Waals surface area contributed by atoms with Gasteiger partial charge in [-0.1, -0.05) is 23.7 Å². The van der Waals surface area contributed by atoms with Crippen molar-refractivity contribution < 1.29 is 0 Å². The SMILES string of the molecule is Cc1cc(Cl)ccc1[C@@H](c1cccs1)N1CCNCC1.Cl.Cl. The first-order valence-corrected chi connectivity index (χ1v) is 8.25. The van der Waals surface area contributed by atoms with E-state index < -0.39 is 0 Å². The quantitative estimate of drug-likeness (QED) is 0.841. The molecule has 0 spiro atoms. The highest BCUT2D eigenvalue weighted by Crippen LogP contribution is 2.34. The van der Waals surface area contributed by atoms with E-state index in [2.05, 4.69) is 46.8 Å². The first-order chi connectivity index (χ1) is 9.75. The molecule has 0 bridgehead atoms. The molecule has 0 radical (unpaired) electrons. The number of nitrogens with zero attached hydrogens (tertiary/aromatic N) is 1.